The molecule has 2 aromatic carbocycles. The Morgan fingerprint density at radius 3 is 2.60 bits per heavy atom. The van der Waals surface area contributed by atoms with Gasteiger partial charge >= 0.3 is 0 Å². The Kier molecular flexibility index (Phi) is 8.19. The minimum absolute atomic E-state index is 0.168. The van der Waals surface area contributed by atoms with Crippen LogP contribution in [0.4, 0.5) is 4.39 Å². The summed E-state index contributed by atoms with van der Waals surface area (Å²) in [6, 6.07) is 12.7. The lowest BCUT2D eigenvalue weighted by molar-refractivity contribution is 0.0721. The summed E-state index contributed by atoms with van der Waals surface area (Å²) >= 11 is 7.36. The minimum Gasteiger partial charge on any atom is -0.486 e. The molecule has 3 rings (SSSR count). The van der Waals surface area contributed by atoms with Gasteiger partial charge in [-0.25, -0.2) is 9.37 Å². The third-order valence-electron chi connectivity index (χ3n) is 4.28. The summed E-state index contributed by atoms with van der Waals surface area (Å²) in [4.78, 5) is 19.2. The van der Waals surface area contributed by atoms with Crippen molar-refractivity contribution in [2.24, 2.45) is 0 Å². The predicted octanol–water partition coefficient (Wildman–Crippen LogP) is 5.19. The predicted molar refractivity (Wildman–Crippen MR) is 116 cm³/mol. The van der Waals surface area contributed by atoms with E-state index in [1.165, 1.54) is 35.6 Å². The number of hydrogen-bond donors (Lipinski definition) is 0. The molecule has 0 spiro atoms. The molecule has 0 radical (unpaired) electrons. The second-order valence-corrected chi connectivity index (χ2v) is 7.93. The van der Waals surface area contributed by atoms with Gasteiger partial charge in [0.2, 0.25) is 0 Å². The van der Waals surface area contributed by atoms with E-state index >= 15 is 0 Å². The molecule has 8 heteroatoms. The first kappa shape index (κ1) is 22.2. The van der Waals surface area contributed by atoms with Crippen LogP contribution in [0.5, 0.6) is 5.75 Å². The van der Waals surface area contributed by atoms with Crippen molar-refractivity contribution in [1.82, 2.24) is 9.88 Å². The number of carbonyl (C=O) groups excluding carboxylic acids is 1. The number of halogens is 2. The van der Waals surface area contributed by atoms with E-state index in [-0.39, 0.29) is 11.7 Å². The number of nitrogens with zero attached hydrogens (tertiary/aromatic N) is 2. The molecule has 158 valence electrons. The number of aromatic nitrogens is 1. The average Bonchev–Trinajstić information content (AvgIpc) is 3.20. The highest BCUT2D eigenvalue weighted by Crippen LogP contribution is 2.19. The number of carbonyl (C=O) groups is 1. The zero-order valence-corrected chi connectivity index (χ0v) is 18.1. The Bertz CT molecular complexity index is 948. The van der Waals surface area contributed by atoms with Crippen molar-refractivity contribution in [2.45, 2.75) is 19.6 Å². The Morgan fingerprint density at radius 2 is 1.90 bits per heavy atom. The van der Waals surface area contributed by atoms with Crippen molar-refractivity contribution in [2.75, 3.05) is 20.3 Å². The van der Waals surface area contributed by atoms with E-state index in [1.54, 1.807) is 36.3 Å². The lowest BCUT2D eigenvalue weighted by Gasteiger charge is -2.22. The van der Waals surface area contributed by atoms with Gasteiger partial charge in [-0.3, -0.25) is 4.79 Å². The molecule has 30 heavy (non-hydrogen) atoms. The first-order chi connectivity index (χ1) is 14.5. The molecule has 0 aliphatic heterocycles. The molecule has 1 amide bonds. The molecular formula is C22H22ClFN2O3S. The minimum atomic E-state index is -0.373. The molecule has 0 aliphatic carbocycles. The lowest BCUT2D eigenvalue weighted by Crippen LogP contribution is -2.32. The SMILES string of the molecule is COCCCN(Cc1csc(COc2ccc(Cl)cc2)n1)C(=O)c1ccc(F)cc1. The molecule has 5 nitrogen and oxygen atoms in total. The maximum Gasteiger partial charge on any atom is 0.254 e. The summed E-state index contributed by atoms with van der Waals surface area (Å²) in [5, 5.41) is 3.38. The Balaban J connectivity index is 1.64. The fourth-order valence-electron chi connectivity index (χ4n) is 2.79. The summed E-state index contributed by atoms with van der Waals surface area (Å²) < 4.78 is 24.0. The zero-order valence-electron chi connectivity index (χ0n) is 16.5. The molecule has 0 unspecified atom stereocenters. The number of rotatable bonds is 10. The highest BCUT2D eigenvalue weighted by Gasteiger charge is 2.17. The van der Waals surface area contributed by atoms with Gasteiger partial charge in [-0.1, -0.05) is 11.6 Å². The maximum absolute atomic E-state index is 13.2. The van der Waals surface area contributed by atoms with Gasteiger partial charge in [-0.2, -0.15) is 0 Å². The highest BCUT2D eigenvalue weighted by molar-refractivity contribution is 7.09. The van der Waals surface area contributed by atoms with Crippen molar-refractivity contribution in [3.63, 3.8) is 0 Å². The van der Waals surface area contributed by atoms with Gasteiger partial charge in [-0.15, -0.1) is 11.3 Å². The van der Waals surface area contributed by atoms with E-state index in [1.807, 2.05) is 5.38 Å². The van der Waals surface area contributed by atoms with Crippen LogP contribution in [-0.2, 0) is 17.9 Å². The van der Waals surface area contributed by atoms with Crippen molar-refractivity contribution in [3.8, 4) is 5.75 Å². The smallest absolute Gasteiger partial charge is 0.254 e. The van der Waals surface area contributed by atoms with E-state index in [0.29, 0.717) is 49.1 Å². The third-order valence-corrected chi connectivity index (χ3v) is 5.41. The van der Waals surface area contributed by atoms with Gasteiger partial charge in [0.1, 0.15) is 23.2 Å². The zero-order chi connectivity index (χ0) is 21.3. The molecule has 1 aromatic heterocycles. The lowest BCUT2D eigenvalue weighted by atomic mass is 10.2. The molecule has 0 N–H and O–H groups in total. The molecule has 0 aliphatic rings. The van der Waals surface area contributed by atoms with Crippen molar-refractivity contribution >= 4 is 28.8 Å². The van der Waals surface area contributed by atoms with E-state index in [0.717, 1.165) is 10.7 Å². The van der Waals surface area contributed by atoms with E-state index in [4.69, 9.17) is 21.1 Å². The molecule has 0 bridgehead atoms. The number of thiazole rings is 1. The van der Waals surface area contributed by atoms with Crippen LogP contribution >= 0.6 is 22.9 Å². The van der Waals surface area contributed by atoms with Gasteiger partial charge < -0.3 is 14.4 Å². The number of ether oxygens (including phenoxy) is 2. The van der Waals surface area contributed by atoms with Crippen molar-refractivity contribution in [3.05, 3.63) is 81.0 Å². The standard InChI is InChI=1S/C22H22ClFN2O3S/c1-28-12-2-11-26(22(27)16-3-7-18(24)8-4-16)13-19-15-30-21(25-19)14-29-20-9-5-17(23)6-10-20/h3-10,15H,2,11-14H2,1H3. The largest absolute Gasteiger partial charge is 0.486 e. The normalized spacial score (nSPS) is 10.8. The molecule has 0 saturated heterocycles. The summed E-state index contributed by atoms with van der Waals surface area (Å²) in [5.74, 6) is 0.171. The quantitative estimate of drug-likeness (QED) is 0.400. The number of methoxy groups -OCH3 is 1. The van der Waals surface area contributed by atoms with E-state index < -0.39 is 0 Å². The van der Waals surface area contributed by atoms with Gasteiger partial charge in [0.25, 0.3) is 5.91 Å². The summed E-state index contributed by atoms with van der Waals surface area (Å²) in [6.07, 6.45) is 0.695. The second kappa shape index (κ2) is 11.1. The van der Waals surface area contributed by atoms with Crippen LogP contribution in [0.25, 0.3) is 0 Å². The van der Waals surface area contributed by atoms with Crippen LogP contribution in [0.15, 0.2) is 53.9 Å². The highest BCUT2D eigenvalue weighted by atomic mass is 35.5. The van der Waals surface area contributed by atoms with Gasteiger partial charge in [0, 0.05) is 36.2 Å². The van der Waals surface area contributed by atoms with Crippen LogP contribution in [-0.4, -0.2) is 36.1 Å². The molecule has 0 atom stereocenters. The van der Waals surface area contributed by atoms with Crippen molar-refractivity contribution < 1.29 is 18.7 Å². The molecule has 0 fully saturated rings. The van der Waals surface area contributed by atoms with Crippen LogP contribution in [0.2, 0.25) is 5.02 Å². The Hall–Kier alpha value is -2.48. The number of benzene rings is 2. The average molecular weight is 449 g/mol. The van der Waals surface area contributed by atoms with Gasteiger partial charge in [0.15, 0.2) is 0 Å². The number of amides is 1. The summed E-state index contributed by atoms with van der Waals surface area (Å²) in [7, 11) is 1.62. The van der Waals surface area contributed by atoms with Crippen LogP contribution < -0.4 is 4.74 Å². The fourth-order valence-corrected chi connectivity index (χ4v) is 3.61. The second-order valence-electron chi connectivity index (χ2n) is 6.56. The first-order valence-electron chi connectivity index (χ1n) is 9.40. The van der Waals surface area contributed by atoms with Crippen LogP contribution in [0, 0.1) is 5.82 Å². The molecular weight excluding hydrogens is 427 g/mol. The first-order valence-corrected chi connectivity index (χ1v) is 10.7. The summed E-state index contributed by atoms with van der Waals surface area (Å²) in [5.41, 5.74) is 1.22. The van der Waals surface area contributed by atoms with Gasteiger partial charge in [0.05, 0.1) is 12.2 Å². The molecule has 3 aromatic rings. The molecule has 1 heterocycles. The van der Waals surface area contributed by atoms with Gasteiger partial charge in [-0.05, 0) is 55.0 Å². The number of hydrogen-bond acceptors (Lipinski definition) is 5. The van der Waals surface area contributed by atoms with Crippen LogP contribution in [0.3, 0.4) is 0 Å². The Labute approximate surface area is 184 Å². The van der Waals surface area contributed by atoms with Crippen LogP contribution in [0.1, 0.15) is 27.5 Å². The third kappa shape index (κ3) is 6.52. The fraction of sp³-hybridized carbons (Fsp3) is 0.273. The maximum atomic E-state index is 13.2. The summed E-state index contributed by atoms with van der Waals surface area (Å²) in [6.45, 7) is 1.75. The van der Waals surface area contributed by atoms with E-state index in [9.17, 15) is 9.18 Å². The Morgan fingerprint density at radius 1 is 1.17 bits per heavy atom. The van der Waals surface area contributed by atoms with Crippen molar-refractivity contribution in [1.29, 1.82) is 0 Å². The van der Waals surface area contributed by atoms with E-state index in [2.05, 4.69) is 4.98 Å². The topological polar surface area (TPSA) is 51.7 Å². The molecule has 0 saturated carbocycles. The monoisotopic (exact) mass is 448 g/mol.